The highest BCUT2D eigenvalue weighted by Gasteiger charge is 2.00. The molecular formula is C9H17N3. The van der Waals surface area contributed by atoms with Gasteiger partial charge in [0.1, 0.15) is 0 Å². The standard InChI is InChI=1S/C9H17N3/c1-3-4-5-6-7-9-8(2)10-12-11-9/h3-7H2,1-2H3,(H,10,11,12). The number of hydrogen-bond acceptors (Lipinski definition) is 2. The van der Waals surface area contributed by atoms with E-state index in [4.69, 9.17) is 0 Å². The molecule has 68 valence electrons. The Morgan fingerprint density at radius 1 is 1.17 bits per heavy atom. The summed E-state index contributed by atoms with van der Waals surface area (Å²) in [6.07, 6.45) is 6.24. The highest BCUT2D eigenvalue weighted by atomic mass is 15.3. The number of aryl methyl sites for hydroxylation is 2. The van der Waals surface area contributed by atoms with E-state index in [1.807, 2.05) is 6.92 Å². The molecule has 0 radical (unpaired) electrons. The lowest BCUT2D eigenvalue weighted by molar-refractivity contribution is 0.658. The molecule has 0 unspecified atom stereocenters. The number of H-pyrrole nitrogens is 1. The minimum atomic E-state index is 1.05. The lowest BCUT2D eigenvalue weighted by Gasteiger charge is -1.96. The number of nitrogens with zero attached hydrogens (tertiary/aromatic N) is 2. The van der Waals surface area contributed by atoms with Crippen molar-refractivity contribution in [1.29, 1.82) is 0 Å². The maximum atomic E-state index is 4.08. The predicted octanol–water partition coefficient (Wildman–Crippen LogP) is 2.24. The van der Waals surface area contributed by atoms with Crippen LogP contribution < -0.4 is 0 Å². The van der Waals surface area contributed by atoms with Gasteiger partial charge in [0, 0.05) is 0 Å². The van der Waals surface area contributed by atoms with Crippen LogP contribution in [0, 0.1) is 6.92 Å². The Morgan fingerprint density at radius 2 is 2.00 bits per heavy atom. The van der Waals surface area contributed by atoms with Crippen LogP contribution in [0.15, 0.2) is 0 Å². The highest BCUT2D eigenvalue weighted by molar-refractivity contribution is 5.05. The summed E-state index contributed by atoms with van der Waals surface area (Å²) in [7, 11) is 0. The molecule has 1 aromatic heterocycles. The average molecular weight is 167 g/mol. The van der Waals surface area contributed by atoms with Gasteiger partial charge in [-0.1, -0.05) is 26.2 Å². The molecule has 0 aliphatic carbocycles. The molecule has 1 N–H and O–H groups in total. The minimum Gasteiger partial charge on any atom is -0.197 e. The van der Waals surface area contributed by atoms with Gasteiger partial charge in [-0.2, -0.15) is 15.4 Å². The van der Waals surface area contributed by atoms with Crippen molar-refractivity contribution in [1.82, 2.24) is 15.4 Å². The van der Waals surface area contributed by atoms with Crippen molar-refractivity contribution >= 4 is 0 Å². The molecule has 0 saturated carbocycles. The second kappa shape index (κ2) is 4.91. The molecule has 12 heavy (non-hydrogen) atoms. The number of rotatable bonds is 5. The van der Waals surface area contributed by atoms with Gasteiger partial charge >= 0.3 is 0 Å². The Balaban J connectivity index is 2.20. The maximum absolute atomic E-state index is 4.08. The number of aromatic amines is 1. The van der Waals surface area contributed by atoms with E-state index in [1.165, 1.54) is 25.7 Å². The van der Waals surface area contributed by atoms with E-state index in [1.54, 1.807) is 0 Å². The Labute approximate surface area is 73.6 Å². The molecule has 0 aliphatic heterocycles. The van der Waals surface area contributed by atoms with Crippen LogP contribution in [0.25, 0.3) is 0 Å². The van der Waals surface area contributed by atoms with Gasteiger partial charge < -0.3 is 0 Å². The first kappa shape index (κ1) is 9.23. The van der Waals surface area contributed by atoms with Crippen LogP contribution >= 0.6 is 0 Å². The van der Waals surface area contributed by atoms with Crippen LogP contribution in [0.4, 0.5) is 0 Å². The molecular weight excluding hydrogens is 150 g/mol. The molecule has 0 amide bonds. The monoisotopic (exact) mass is 167 g/mol. The SMILES string of the molecule is CCCCCCc1n[nH]nc1C. The molecule has 0 bridgehead atoms. The first-order chi connectivity index (χ1) is 5.84. The number of unbranched alkanes of at least 4 members (excludes halogenated alkanes) is 3. The molecule has 0 saturated heterocycles. The van der Waals surface area contributed by atoms with Gasteiger partial charge in [-0.25, -0.2) is 0 Å². The van der Waals surface area contributed by atoms with E-state index in [0.717, 1.165) is 17.8 Å². The molecule has 0 spiro atoms. The van der Waals surface area contributed by atoms with Crippen molar-refractivity contribution < 1.29 is 0 Å². The van der Waals surface area contributed by atoms with Gasteiger partial charge in [0.25, 0.3) is 0 Å². The van der Waals surface area contributed by atoms with Crippen molar-refractivity contribution in [2.45, 2.75) is 46.0 Å². The Kier molecular flexibility index (Phi) is 3.77. The lowest BCUT2D eigenvalue weighted by atomic mass is 10.1. The summed E-state index contributed by atoms with van der Waals surface area (Å²) in [5, 5.41) is 10.7. The van der Waals surface area contributed by atoms with Gasteiger partial charge in [-0.15, -0.1) is 0 Å². The van der Waals surface area contributed by atoms with Crippen molar-refractivity contribution in [2.24, 2.45) is 0 Å². The van der Waals surface area contributed by atoms with Gasteiger partial charge in [-0.3, -0.25) is 0 Å². The summed E-state index contributed by atoms with van der Waals surface area (Å²) >= 11 is 0. The molecule has 3 nitrogen and oxygen atoms in total. The largest absolute Gasteiger partial charge is 0.197 e. The zero-order valence-corrected chi connectivity index (χ0v) is 7.93. The van der Waals surface area contributed by atoms with E-state index < -0.39 is 0 Å². The quantitative estimate of drug-likeness (QED) is 0.683. The van der Waals surface area contributed by atoms with Crippen molar-refractivity contribution in [3.63, 3.8) is 0 Å². The Morgan fingerprint density at radius 3 is 2.58 bits per heavy atom. The van der Waals surface area contributed by atoms with Crippen LogP contribution in [0.2, 0.25) is 0 Å². The second-order valence-electron chi connectivity index (χ2n) is 3.17. The van der Waals surface area contributed by atoms with E-state index in [9.17, 15) is 0 Å². The number of hydrogen-bond donors (Lipinski definition) is 1. The third kappa shape index (κ3) is 2.64. The first-order valence-corrected chi connectivity index (χ1v) is 4.71. The number of nitrogens with one attached hydrogen (secondary N) is 1. The fourth-order valence-corrected chi connectivity index (χ4v) is 1.26. The fraction of sp³-hybridized carbons (Fsp3) is 0.778. The third-order valence-corrected chi connectivity index (χ3v) is 2.09. The normalized spacial score (nSPS) is 10.5. The maximum Gasteiger partial charge on any atom is 0.0853 e. The average Bonchev–Trinajstić information content (AvgIpc) is 2.46. The van der Waals surface area contributed by atoms with Crippen LogP contribution in [0.1, 0.15) is 44.0 Å². The first-order valence-electron chi connectivity index (χ1n) is 4.71. The fourth-order valence-electron chi connectivity index (χ4n) is 1.26. The van der Waals surface area contributed by atoms with E-state index >= 15 is 0 Å². The summed E-state index contributed by atoms with van der Waals surface area (Å²) < 4.78 is 0. The summed E-state index contributed by atoms with van der Waals surface area (Å²) in [6, 6.07) is 0. The van der Waals surface area contributed by atoms with Crippen LogP contribution in [0.5, 0.6) is 0 Å². The molecule has 0 aromatic carbocycles. The topological polar surface area (TPSA) is 41.6 Å². The Bertz CT molecular complexity index is 217. The molecule has 1 aromatic rings. The van der Waals surface area contributed by atoms with Crippen LogP contribution in [-0.4, -0.2) is 15.4 Å². The molecule has 0 fully saturated rings. The van der Waals surface area contributed by atoms with E-state index in [2.05, 4.69) is 22.3 Å². The molecule has 1 rings (SSSR count). The van der Waals surface area contributed by atoms with Crippen molar-refractivity contribution in [3.05, 3.63) is 11.4 Å². The lowest BCUT2D eigenvalue weighted by Crippen LogP contribution is -1.88. The Hall–Kier alpha value is -0.860. The minimum absolute atomic E-state index is 1.05. The highest BCUT2D eigenvalue weighted by Crippen LogP contribution is 2.06. The van der Waals surface area contributed by atoms with Gasteiger partial charge in [0.2, 0.25) is 0 Å². The van der Waals surface area contributed by atoms with Gasteiger partial charge in [-0.05, 0) is 19.8 Å². The third-order valence-electron chi connectivity index (χ3n) is 2.09. The second-order valence-corrected chi connectivity index (χ2v) is 3.17. The molecule has 3 heteroatoms. The summed E-state index contributed by atoms with van der Waals surface area (Å²) in [5.74, 6) is 0. The van der Waals surface area contributed by atoms with Crippen molar-refractivity contribution in [3.8, 4) is 0 Å². The van der Waals surface area contributed by atoms with E-state index in [0.29, 0.717) is 0 Å². The molecule has 1 heterocycles. The van der Waals surface area contributed by atoms with Crippen LogP contribution in [0.3, 0.4) is 0 Å². The summed E-state index contributed by atoms with van der Waals surface area (Å²) in [6.45, 7) is 4.22. The van der Waals surface area contributed by atoms with Gasteiger partial charge in [0.05, 0.1) is 11.4 Å². The van der Waals surface area contributed by atoms with Gasteiger partial charge in [0.15, 0.2) is 0 Å². The van der Waals surface area contributed by atoms with Crippen molar-refractivity contribution in [2.75, 3.05) is 0 Å². The van der Waals surface area contributed by atoms with E-state index in [-0.39, 0.29) is 0 Å². The molecule has 0 aliphatic rings. The zero-order valence-electron chi connectivity index (χ0n) is 7.93. The number of aromatic nitrogens is 3. The summed E-state index contributed by atoms with van der Waals surface area (Å²) in [5.41, 5.74) is 2.18. The zero-order chi connectivity index (χ0) is 8.81. The van der Waals surface area contributed by atoms with Crippen LogP contribution in [-0.2, 0) is 6.42 Å². The summed E-state index contributed by atoms with van der Waals surface area (Å²) in [4.78, 5) is 0. The molecule has 0 atom stereocenters. The smallest absolute Gasteiger partial charge is 0.0853 e. The predicted molar refractivity (Wildman–Crippen MR) is 49.0 cm³/mol.